The van der Waals surface area contributed by atoms with Gasteiger partial charge in [-0.1, -0.05) is 25.2 Å². The minimum absolute atomic E-state index is 0.0169. The van der Waals surface area contributed by atoms with Crippen LogP contribution < -0.4 is 0 Å². The maximum absolute atomic E-state index is 11.2. The summed E-state index contributed by atoms with van der Waals surface area (Å²) >= 11 is 0. The molecular formula is C13H20O3. The Balaban J connectivity index is 2.71. The predicted molar refractivity (Wildman–Crippen MR) is 62.9 cm³/mol. The normalized spacial score (nSPS) is 31.2. The molecule has 1 N–H and O–H groups in total. The molecule has 1 heterocycles. The largest absolute Gasteiger partial charge is 0.458 e. The number of rotatable bonds is 4. The van der Waals surface area contributed by atoms with E-state index >= 15 is 0 Å². The zero-order valence-electron chi connectivity index (χ0n) is 9.93. The third kappa shape index (κ3) is 3.49. The van der Waals surface area contributed by atoms with Gasteiger partial charge in [0.05, 0.1) is 12.5 Å². The zero-order valence-corrected chi connectivity index (χ0v) is 9.93. The van der Waals surface area contributed by atoms with Gasteiger partial charge >= 0.3 is 5.97 Å². The molecule has 0 aromatic heterocycles. The second kappa shape index (κ2) is 6.48. The van der Waals surface area contributed by atoms with Crippen molar-refractivity contribution in [1.29, 1.82) is 0 Å². The van der Waals surface area contributed by atoms with E-state index in [1.807, 2.05) is 38.2 Å². The lowest BCUT2D eigenvalue weighted by atomic mass is 9.87. The van der Waals surface area contributed by atoms with Crippen molar-refractivity contribution in [1.82, 2.24) is 0 Å². The number of hydrogen-bond donors (Lipinski definition) is 1. The molecule has 1 fully saturated rings. The van der Waals surface area contributed by atoms with Crippen LogP contribution >= 0.6 is 0 Å². The van der Waals surface area contributed by atoms with Crippen molar-refractivity contribution in [3.8, 4) is 0 Å². The topological polar surface area (TPSA) is 46.5 Å². The molecule has 0 radical (unpaired) electrons. The van der Waals surface area contributed by atoms with Crippen LogP contribution in [0.5, 0.6) is 0 Å². The second-order valence-electron chi connectivity index (χ2n) is 4.03. The Morgan fingerprint density at radius 2 is 2.25 bits per heavy atom. The summed E-state index contributed by atoms with van der Waals surface area (Å²) in [5, 5.41) is 9.87. The summed E-state index contributed by atoms with van der Waals surface area (Å²) in [6.45, 7) is 3.97. The van der Waals surface area contributed by atoms with Crippen LogP contribution in [0.15, 0.2) is 24.3 Å². The number of allylic oxidation sites excluding steroid dienone is 3. The highest BCUT2D eigenvalue weighted by Crippen LogP contribution is 2.26. The standard InChI is InChI=1S/C13H20O3/c1-3-5-7-10-11(14)9-13(15)16-12(10)8-6-4-2/h3,5-6,8,10-12,14H,4,7,9H2,1-2H3/b5-3-,8-6+/t10?,11?,12-/m1/s1. The lowest BCUT2D eigenvalue weighted by molar-refractivity contribution is -0.163. The van der Waals surface area contributed by atoms with Crippen LogP contribution in [0.25, 0.3) is 0 Å². The highest BCUT2D eigenvalue weighted by atomic mass is 16.5. The van der Waals surface area contributed by atoms with Gasteiger partial charge in [-0.05, 0) is 25.8 Å². The number of esters is 1. The highest BCUT2D eigenvalue weighted by molar-refractivity contribution is 5.71. The Morgan fingerprint density at radius 3 is 2.88 bits per heavy atom. The summed E-state index contributed by atoms with van der Waals surface area (Å²) in [6.07, 6.45) is 8.68. The van der Waals surface area contributed by atoms with E-state index in [0.717, 1.165) is 12.8 Å². The monoisotopic (exact) mass is 224 g/mol. The Kier molecular flexibility index (Phi) is 5.26. The molecule has 3 atom stereocenters. The van der Waals surface area contributed by atoms with E-state index in [-0.39, 0.29) is 24.4 Å². The highest BCUT2D eigenvalue weighted by Gasteiger charge is 2.35. The molecule has 0 saturated carbocycles. The first-order valence-corrected chi connectivity index (χ1v) is 5.84. The zero-order chi connectivity index (χ0) is 12.0. The molecule has 90 valence electrons. The van der Waals surface area contributed by atoms with Crippen molar-refractivity contribution < 1.29 is 14.6 Å². The van der Waals surface area contributed by atoms with Crippen molar-refractivity contribution in [2.24, 2.45) is 5.92 Å². The minimum atomic E-state index is -0.594. The van der Waals surface area contributed by atoms with E-state index in [2.05, 4.69) is 0 Å². The fourth-order valence-corrected chi connectivity index (χ4v) is 1.87. The van der Waals surface area contributed by atoms with Crippen LogP contribution in [0.2, 0.25) is 0 Å². The van der Waals surface area contributed by atoms with E-state index in [4.69, 9.17) is 4.74 Å². The van der Waals surface area contributed by atoms with Gasteiger partial charge < -0.3 is 9.84 Å². The maximum Gasteiger partial charge on any atom is 0.309 e. The van der Waals surface area contributed by atoms with Crippen molar-refractivity contribution in [3.05, 3.63) is 24.3 Å². The summed E-state index contributed by atoms with van der Waals surface area (Å²) in [5.41, 5.74) is 0. The SMILES string of the molecule is C/C=C\CC1C(O)CC(=O)O[C@@H]1/C=C/CC. The van der Waals surface area contributed by atoms with Crippen LogP contribution in [0.4, 0.5) is 0 Å². The van der Waals surface area contributed by atoms with Crippen LogP contribution in [-0.4, -0.2) is 23.3 Å². The molecule has 1 rings (SSSR count). The van der Waals surface area contributed by atoms with Gasteiger partial charge in [0.15, 0.2) is 0 Å². The average molecular weight is 224 g/mol. The molecule has 16 heavy (non-hydrogen) atoms. The maximum atomic E-state index is 11.2. The number of cyclic esters (lactones) is 1. The average Bonchev–Trinajstić information content (AvgIpc) is 2.24. The van der Waals surface area contributed by atoms with Gasteiger partial charge in [0.2, 0.25) is 0 Å². The van der Waals surface area contributed by atoms with Crippen LogP contribution in [0.3, 0.4) is 0 Å². The molecule has 0 aliphatic carbocycles. The van der Waals surface area contributed by atoms with Gasteiger partial charge in [0.25, 0.3) is 0 Å². The molecule has 3 nitrogen and oxygen atoms in total. The number of aliphatic hydroxyl groups excluding tert-OH is 1. The molecule has 1 aliphatic rings. The number of ether oxygens (including phenoxy) is 1. The molecule has 2 unspecified atom stereocenters. The van der Waals surface area contributed by atoms with Gasteiger partial charge in [-0.15, -0.1) is 0 Å². The lowest BCUT2D eigenvalue weighted by Gasteiger charge is -2.32. The van der Waals surface area contributed by atoms with Crippen molar-refractivity contribution >= 4 is 5.97 Å². The number of hydrogen-bond acceptors (Lipinski definition) is 3. The minimum Gasteiger partial charge on any atom is -0.458 e. The van der Waals surface area contributed by atoms with E-state index in [9.17, 15) is 9.90 Å². The lowest BCUT2D eigenvalue weighted by Crippen LogP contribution is -2.41. The smallest absolute Gasteiger partial charge is 0.309 e. The van der Waals surface area contributed by atoms with E-state index in [1.165, 1.54) is 0 Å². The predicted octanol–water partition coefficient (Wildman–Crippen LogP) is 2.21. The first-order valence-electron chi connectivity index (χ1n) is 5.84. The second-order valence-corrected chi connectivity index (χ2v) is 4.03. The van der Waals surface area contributed by atoms with Crippen LogP contribution in [0, 0.1) is 5.92 Å². The molecule has 0 aromatic rings. The molecule has 0 amide bonds. The van der Waals surface area contributed by atoms with Gasteiger partial charge in [-0.25, -0.2) is 0 Å². The molecular weight excluding hydrogens is 204 g/mol. The molecule has 0 spiro atoms. The van der Waals surface area contributed by atoms with Gasteiger partial charge in [-0.2, -0.15) is 0 Å². The third-order valence-corrected chi connectivity index (χ3v) is 2.76. The quantitative estimate of drug-likeness (QED) is 0.588. The number of carbonyl (C=O) groups excluding carboxylic acids is 1. The van der Waals surface area contributed by atoms with Crippen LogP contribution in [-0.2, 0) is 9.53 Å². The fraction of sp³-hybridized carbons (Fsp3) is 0.615. The summed E-state index contributed by atoms with van der Waals surface area (Å²) in [6, 6.07) is 0. The van der Waals surface area contributed by atoms with Crippen LogP contribution in [0.1, 0.15) is 33.1 Å². The summed E-state index contributed by atoms with van der Waals surface area (Å²) in [4.78, 5) is 11.2. The first-order chi connectivity index (χ1) is 7.69. The van der Waals surface area contributed by atoms with Crippen molar-refractivity contribution in [3.63, 3.8) is 0 Å². The van der Waals surface area contributed by atoms with E-state index in [0.29, 0.717) is 0 Å². The number of aliphatic hydroxyl groups is 1. The van der Waals surface area contributed by atoms with Crippen molar-refractivity contribution in [2.45, 2.75) is 45.3 Å². The fourth-order valence-electron chi connectivity index (χ4n) is 1.87. The van der Waals surface area contributed by atoms with Gasteiger partial charge in [0.1, 0.15) is 6.10 Å². The van der Waals surface area contributed by atoms with Crippen molar-refractivity contribution in [2.75, 3.05) is 0 Å². The Labute approximate surface area is 96.8 Å². The van der Waals surface area contributed by atoms with E-state index in [1.54, 1.807) is 0 Å². The first kappa shape index (κ1) is 13.0. The van der Waals surface area contributed by atoms with Gasteiger partial charge in [0, 0.05) is 5.92 Å². The Bertz CT molecular complexity index is 281. The number of carbonyl (C=O) groups is 1. The van der Waals surface area contributed by atoms with Gasteiger partial charge in [-0.3, -0.25) is 4.79 Å². The Morgan fingerprint density at radius 1 is 1.50 bits per heavy atom. The van der Waals surface area contributed by atoms with E-state index < -0.39 is 6.10 Å². The molecule has 0 aromatic carbocycles. The summed E-state index contributed by atoms with van der Waals surface area (Å²) in [7, 11) is 0. The molecule has 1 saturated heterocycles. The molecule has 0 bridgehead atoms. The summed E-state index contributed by atoms with van der Waals surface area (Å²) < 4.78 is 5.25. The molecule has 3 heteroatoms. The molecule has 1 aliphatic heterocycles. The summed E-state index contributed by atoms with van der Waals surface area (Å²) in [5.74, 6) is -0.327. The third-order valence-electron chi connectivity index (χ3n) is 2.76. The Hall–Kier alpha value is -1.09.